The van der Waals surface area contributed by atoms with Crippen molar-refractivity contribution < 1.29 is 0 Å². The lowest BCUT2D eigenvalue weighted by molar-refractivity contribution is 0.557. The third-order valence-corrected chi connectivity index (χ3v) is 3.20. The molecule has 0 fully saturated rings. The SMILES string of the molecule is CCNC(c1cc(Cl)ccc1C)c1ncnn1C. The molecule has 0 aliphatic rings. The van der Waals surface area contributed by atoms with E-state index in [1.807, 2.05) is 25.2 Å². The number of aromatic nitrogens is 3. The molecule has 0 spiro atoms. The Morgan fingerprint density at radius 1 is 1.44 bits per heavy atom. The van der Waals surface area contributed by atoms with Gasteiger partial charge in [0, 0.05) is 12.1 Å². The van der Waals surface area contributed by atoms with E-state index in [0.717, 1.165) is 23.0 Å². The highest BCUT2D eigenvalue weighted by Gasteiger charge is 2.19. The van der Waals surface area contributed by atoms with Gasteiger partial charge in [0.15, 0.2) is 0 Å². The van der Waals surface area contributed by atoms with Gasteiger partial charge in [0.25, 0.3) is 0 Å². The molecule has 0 aliphatic carbocycles. The van der Waals surface area contributed by atoms with E-state index >= 15 is 0 Å². The van der Waals surface area contributed by atoms with Crippen LogP contribution in [-0.2, 0) is 7.05 Å². The van der Waals surface area contributed by atoms with Gasteiger partial charge in [-0.2, -0.15) is 5.10 Å². The van der Waals surface area contributed by atoms with E-state index < -0.39 is 0 Å². The Kier molecular flexibility index (Phi) is 3.99. The summed E-state index contributed by atoms with van der Waals surface area (Å²) in [6, 6.07) is 5.93. The maximum Gasteiger partial charge on any atom is 0.148 e. The number of nitrogens with zero attached hydrogens (tertiary/aromatic N) is 3. The summed E-state index contributed by atoms with van der Waals surface area (Å²) in [6.07, 6.45) is 1.57. The second kappa shape index (κ2) is 5.50. The standard InChI is InChI=1S/C13H17ClN4/c1-4-15-12(13-16-8-17-18(13)3)11-7-10(14)6-5-9(11)2/h5-8,12,15H,4H2,1-3H3. The summed E-state index contributed by atoms with van der Waals surface area (Å²) in [6.45, 7) is 5.00. The first-order valence-corrected chi connectivity index (χ1v) is 6.34. The molecule has 1 atom stereocenters. The van der Waals surface area contributed by atoms with Gasteiger partial charge in [0.05, 0.1) is 6.04 Å². The average molecular weight is 265 g/mol. The number of aryl methyl sites for hydroxylation is 2. The number of halogens is 1. The number of nitrogens with one attached hydrogen (secondary N) is 1. The highest BCUT2D eigenvalue weighted by Crippen LogP contribution is 2.25. The van der Waals surface area contributed by atoms with E-state index in [2.05, 4.69) is 29.2 Å². The maximum atomic E-state index is 6.09. The van der Waals surface area contributed by atoms with Crippen molar-refractivity contribution in [3.8, 4) is 0 Å². The maximum absolute atomic E-state index is 6.09. The fraction of sp³-hybridized carbons (Fsp3) is 0.385. The van der Waals surface area contributed by atoms with Crippen LogP contribution in [-0.4, -0.2) is 21.3 Å². The summed E-state index contributed by atoms with van der Waals surface area (Å²) in [5.74, 6) is 0.891. The van der Waals surface area contributed by atoms with Crippen molar-refractivity contribution >= 4 is 11.6 Å². The van der Waals surface area contributed by atoms with Crippen LogP contribution in [0.3, 0.4) is 0 Å². The molecule has 2 aromatic rings. The van der Waals surface area contributed by atoms with Crippen LogP contribution < -0.4 is 5.32 Å². The fourth-order valence-corrected chi connectivity index (χ4v) is 2.21. The molecule has 18 heavy (non-hydrogen) atoms. The first kappa shape index (κ1) is 13.1. The Morgan fingerprint density at radius 2 is 2.22 bits per heavy atom. The largest absolute Gasteiger partial charge is 0.304 e. The zero-order valence-corrected chi connectivity index (χ0v) is 11.6. The van der Waals surface area contributed by atoms with E-state index in [1.54, 1.807) is 11.0 Å². The fourth-order valence-electron chi connectivity index (χ4n) is 2.03. The van der Waals surface area contributed by atoms with Gasteiger partial charge in [0.1, 0.15) is 12.2 Å². The van der Waals surface area contributed by atoms with Gasteiger partial charge in [-0.05, 0) is 36.7 Å². The van der Waals surface area contributed by atoms with Crippen molar-refractivity contribution in [3.63, 3.8) is 0 Å². The summed E-state index contributed by atoms with van der Waals surface area (Å²) in [4.78, 5) is 4.33. The highest BCUT2D eigenvalue weighted by molar-refractivity contribution is 6.30. The molecular weight excluding hydrogens is 248 g/mol. The van der Waals surface area contributed by atoms with Crippen LogP contribution in [0, 0.1) is 6.92 Å². The summed E-state index contributed by atoms with van der Waals surface area (Å²) in [5, 5.41) is 8.29. The first-order chi connectivity index (χ1) is 8.63. The minimum Gasteiger partial charge on any atom is -0.304 e. The quantitative estimate of drug-likeness (QED) is 0.923. The van der Waals surface area contributed by atoms with Gasteiger partial charge >= 0.3 is 0 Å². The third-order valence-electron chi connectivity index (χ3n) is 2.97. The van der Waals surface area contributed by atoms with E-state index in [0.29, 0.717) is 0 Å². The van der Waals surface area contributed by atoms with Gasteiger partial charge in [-0.15, -0.1) is 0 Å². The smallest absolute Gasteiger partial charge is 0.148 e. The summed E-state index contributed by atoms with van der Waals surface area (Å²) in [7, 11) is 1.90. The molecule has 0 saturated carbocycles. The van der Waals surface area contributed by atoms with E-state index in [9.17, 15) is 0 Å². The van der Waals surface area contributed by atoms with Gasteiger partial charge in [-0.3, -0.25) is 4.68 Å². The van der Waals surface area contributed by atoms with Crippen LogP contribution in [0.25, 0.3) is 0 Å². The second-order valence-electron chi connectivity index (χ2n) is 4.23. The van der Waals surface area contributed by atoms with Crippen LogP contribution in [0.5, 0.6) is 0 Å². The zero-order valence-electron chi connectivity index (χ0n) is 10.8. The minimum absolute atomic E-state index is 0.0150. The normalized spacial score (nSPS) is 12.7. The van der Waals surface area contributed by atoms with E-state index in [-0.39, 0.29) is 6.04 Å². The zero-order chi connectivity index (χ0) is 13.1. The van der Waals surface area contributed by atoms with Crippen molar-refractivity contribution in [1.29, 1.82) is 0 Å². The van der Waals surface area contributed by atoms with Crippen LogP contribution in [0.4, 0.5) is 0 Å². The Bertz CT molecular complexity index is 536. The van der Waals surface area contributed by atoms with Crippen molar-refractivity contribution in [2.75, 3.05) is 6.54 Å². The average Bonchev–Trinajstić information content (AvgIpc) is 2.76. The third kappa shape index (κ3) is 2.54. The van der Waals surface area contributed by atoms with E-state index in [1.165, 1.54) is 5.56 Å². The molecule has 0 saturated heterocycles. The summed E-state index contributed by atoms with van der Waals surface area (Å²) in [5.41, 5.74) is 2.33. The van der Waals surface area contributed by atoms with Gasteiger partial charge in [-0.1, -0.05) is 24.6 Å². The number of hydrogen-bond donors (Lipinski definition) is 1. The molecule has 1 aromatic heterocycles. The number of benzene rings is 1. The first-order valence-electron chi connectivity index (χ1n) is 5.96. The van der Waals surface area contributed by atoms with Gasteiger partial charge < -0.3 is 5.32 Å². The van der Waals surface area contributed by atoms with Crippen molar-refractivity contribution in [2.45, 2.75) is 19.9 Å². The van der Waals surface area contributed by atoms with Crippen LogP contribution in [0.1, 0.15) is 29.9 Å². The molecule has 2 rings (SSSR count). The predicted octanol–water partition coefficient (Wildman–Crippen LogP) is 2.48. The number of hydrogen-bond acceptors (Lipinski definition) is 3. The lowest BCUT2D eigenvalue weighted by Crippen LogP contribution is -2.25. The second-order valence-corrected chi connectivity index (χ2v) is 4.67. The Morgan fingerprint density at radius 3 is 2.83 bits per heavy atom. The molecule has 4 nitrogen and oxygen atoms in total. The molecule has 1 heterocycles. The van der Waals surface area contributed by atoms with Crippen molar-refractivity contribution in [1.82, 2.24) is 20.1 Å². The van der Waals surface area contributed by atoms with Crippen LogP contribution in [0.2, 0.25) is 5.02 Å². The highest BCUT2D eigenvalue weighted by atomic mass is 35.5. The molecule has 0 aliphatic heterocycles. The molecule has 1 N–H and O–H groups in total. The Labute approximate surface area is 112 Å². The molecule has 96 valence electrons. The molecule has 5 heteroatoms. The van der Waals surface area contributed by atoms with Crippen molar-refractivity contribution in [3.05, 3.63) is 46.5 Å². The van der Waals surface area contributed by atoms with Crippen LogP contribution >= 0.6 is 11.6 Å². The van der Waals surface area contributed by atoms with E-state index in [4.69, 9.17) is 11.6 Å². The molecule has 0 radical (unpaired) electrons. The van der Waals surface area contributed by atoms with Gasteiger partial charge in [0.2, 0.25) is 0 Å². The lowest BCUT2D eigenvalue weighted by Gasteiger charge is -2.19. The molecule has 0 bridgehead atoms. The molecule has 1 aromatic carbocycles. The summed E-state index contributed by atoms with van der Waals surface area (Å²) >= 11 is 6.09. The lowest BCUT2D eigenvalue weighted by atomic mass is 10.0. The monoisotopic (exact) mass is 264 g/mol. The molecule has 1 unspecified atom stereocenters. The Hall–Kier alpha value is -1.39. The van der Waals surface area contributed by atoms with Crippen LogP contribution in [0.15, 0.2) is 24.5 Å². The Balaban J connectivity index is 2.48. The topological polar surface area (TPSA) is 42.7 Å². The predicted molar refractivity (Wildman–Crippen MR) is 72.7 cm³/mol. The number of rotatable bonds is 4. The molecule has 0 amide bonds. The summed E-state index contributed by atoms with van der Waals surface area (Å²) < 4.78 is 1.79. The molecular formula is C13H17ClN4. The minimum atomic E-state index is 0.0150. The van der Waals surface area contributed by atoms with Crippen molar-refractivity contribution in [2.24, 2.45) is 7.05 Å². The van der Waals surface area contributed by atoms with Gasteiger partial charge in [-0.25, -0.2) is 4.98 Å².